The van der Waals surface area contributed by atoms with Gasteiger partial charge in [0.15, 0.2) is 0 Å². The Morgan fingerprint density at radius 1 is 1.38 bits per heavy atom. The summed E-state index contributed by atoms with van der Waals surface area (Å²) in [5.74, 6) is 0.507. The fraction of sp³-hybridized carbons (Fsp3) is 0.500. The van der Waals surface area contributed by atoms with Gasteiger partial charge in [0.2, 0.25) is 5.88 Å². The van der Waals surface area contributed by atoms with Crippen LogP contribution >= 0.6 is 0 Å². The Morgan fingerprint density at radius 2 is 2.08 bits per heavy atom. The van der Waals surface area contributed by atoms with Crippen LogP contribution in [-0.2, 0) is 0 Å². The van der Waals surface area contributed by atoms with Crippen molar-refractivity contribution in [3.05, 3.63) is 18.1 Å². The summed E-state index contributed by atoms with van der Waals surface area (Å²) in [7, 11) is 0. The summed E-state index contributed by atoms with van der Waals surface area (Å²) in [5.41, 5.74) is 0. The summed E-state index contributed by atoms with van der Waals surface area (Å²) < 4.78 is 27.7. The van der Waals surface area contributed by atoms with E-state index >= 15 is 0 Å². The fourth-order valence-electron chi connectivity index (χ4n) is 0.792. The molecule has 1 rings (SSSR count). The van der Waals surface area contributed by atoms with E-state index < -0.39 is 6.61 Å². The molecule has 0 amide bonds. The lowest BCUT2D eigenvalue weighted by Gasteiger charge is -2.06. The van der Waals surface area contributed by atoms with Crippen molar-refractivity contribution in [2.75, 3.05) is 0 Å². The van der Waals surface area contributed by atoms with E-state index in [1.165, 1.54) is 12.3 Å². The molecule has 1 heterocycles. The average Bonchev–Trinajstić information content (AvgIpc) is 2.03. The number of rotatable bonds is 3. The molecule has 0 saturated carbocycles. The van der Waals surface area contributed by atoms with E-state index in [9.17, 15) is 8.78 Å². The second-order valence-electron chi connectivity index (χ2n) is 2.79. The van der Waals surface area contributed by atoms with Crippen molar-refractivity contribution in [2.24, 2.45) is 0 Å². The van der Waals surface area contributed by atoms with E-state index in [2.05, 4.69) is 14.7 Å². The molecule has 0 radical (unpaired) electrons. The number of halogens is 2. The highest BCUT2D eigenvalue weighted by Gasteiger charge is 2.08. The van der Waals surface area contributed by atoms with Gasteiger partial charge in [0.05, 0.1) is 0 Å². The molecular formula is C8H10F2N2O. The smallest absolute Gasteiger partial charge is 0.388 e. The van der Waals surface area contributed by atoms with Crippen molar-refractivity contribution in [1.82, 2.24) is 9.97 Å². The van der Waals surface area contributed by atoms with Crippen LogP contribution in [0.1, 0.15) is 25.6 Å². The Morgan fingerprint density at radius 3 is 2.62 bits per heavy atom. The van der Waals surface area contributed by atoms with E-state index in [1.54, 1.807) is 0 Å². The third-order valence-electron chi connectivity index (χ3n) is 1.37. The fourth-order valence-corrected chi connectivity index (χ4v) is 0.792. The van der Waals surface area contributed by atoms with E-state index in [4.69, 9.17) is 0 Å². The van der Waals surface area contributed by atoms with Crippen molar-refractivity contribution in [3.8, 4) is 5.88 Å². The third kappa shape index (κ3) is 2.93. The Balaban J connectivity index is 2.79. The van der Waals surface area contributed by atoms with Gasteiger partial charge in [-0.1, -0.05) is 13.8 Å². The normalized spacial score (nSPS) is 10.9. The van der Waals surface area contributed by atoms with Crippen LogP contribution in [0.25, 0.3) is 0 Å². The zero-order valence-electron chi connectivity index (χ0n) is 7.37. The first kappa shape index (κ1) is 9.83. The molecule has 0 unspecified atom stereocenters. The van der Waals surface area contributed by atoms with Crippen molar-refractivity contribution in [3.63, 3.8) is 0 Å². The van der Waals surface area contributed by atoms with Crippen molar-refractivity contribution >= 4 is 0 Å². The second-order valence-corrected chi connectivity index (χ2v) is 2.79. The summed E-state index contributed by atoms with van der Waals surface area (Å²) >= 11 is 0. The van der Waals surface area contributed by atoms with Gasteiger partial charge in [0.1, 0.15) is 5.82 Å². The molecule has 0 saturated heterocycles. The molecule has 1 aromatic heterocycles. The predicted octanol–water partition coefficient (Wildman–Crippen LogP) is 2.20. The van der Waals surface area contributed by atoms with Crippen LogP contribution in [0.2, 0.25) is 0 Å². The maximum atomic E-state index is 11.8. The summed E-state index contributed by atoms with van der Waals surface area (Å²) in [6.07, 6.45) is 1.40. The molecule has 0 atom stereocenters. The highest BCUT2D eigenvalue weighted by molar-refractivity contribution is 5.09. The first-order valence-corrected chi connectivity index (χ1v) is 3.87. The molecule has 0 fully saturated rings. The lowest BCUT2D eigenvalue weighted by atomic mass is 10.2. The largest absolute Gasteiger partial charge is 0.417 e. The summed E-state index contributed by atoms with van der Waals surface area (Å²) in [6.45, 7) is 0.915. The van der Waals surface area contributed by atoms with Gasteiger partial charge < -0.3 is 4.74 Å². The predicted molar refractivity (Wildman–Crippen MR) is 42.8 cm³/mol. The van der Waals surface area contributed by atoms with Crippen LogP contribution in [0.3, 0.4) is 0 Å². The van der Waals surface area contributed by atoms with Crippen LogP contribution in [0.4, 0.5) is 8.78 Å². The van der Waals surface area contributed by atoms with Gasteiger partial charge in [-0.3, -0.25) is 0 Å². The lowest BCUT2D eigenvalue weighted by molar-refractivity contribution is -0.0530. The Labute approximate surface area is 74.8 Å². The highest BCUT2D eigenvalue weighted by atomic mass is 19.3. The summed E-state index contributed by atoms with van der Waals surface area (Å²) in [5, 5.41) is 0. The zero-order valence-corrected chi connectivity index (χ0v) is 7.37. The first-order valence-electron chi connectivity index (χ1n) is 3.87. The number of nitrogens with zero attached hydrogens (tertiary/aromatic N) is 2. The average molecular weight is 188 g/mol. The molecular weight excluding hydrogens is 178 g/mol. The Bertz CT molecular complexity index is 279. The zero-order chi connectivity index (χ0) is 9.84. The quantitative estimate of drug-likeness (QED) is 0.729. The van der Waals surface area contributed by atoms with Crippen LogP contribution in [-0.4, -0.2) is 16.6 Å². The molecule has 3 nitrogen and oxygen atoms in total. The van der Waals surface area contributed by atoms with Gasteiger partial charge in [-0.05, 0) is 0 Å². The third-order valence-corrected chi connectivity index (χ3v) is 1.37. The van der Waals surface area contributed by atoms with Crippen LogP contribution in [0.15, 0.2) is 12.3 Å². The molecule has 13 heavy (non-hydrogen) atoms. The van der Waals surface area contributed by atoms with Gasteiger partial charge in [-0.2, -0.15) is 13.8 Å². The Kier molecular flexibility index (Phi) is 3.11. The number of alkyl halides is 2. The van der Waals surface area contributed by atoms with E-state index in [0.717, 1.165) is 0 Å². The molecule has 1 aromatic rings. The SMILES string of the molecule is CC(C)c1nccc(OC(F)F)n1. The first-order chi connectivity index (χ1) is 6.09. The number of ether oxygens (including phenoxy) is 1. The Hall–Kier alpha value is -1.26. The maximum absolute atomic E-state index is 11.8. The van der Waals surface area contributed by atoms with Crippen LogP contribution in [0.5, 0.6) is 5.88 Å². The lowest BCUT2D eigenvalue weighted by Crippen LogP contribution is -2.06. The minimum Gasteiger partial charge on any atom is -0.417 e. The van der Waals surface area contributed by atoms with Crippen LogP contribution < -0.4 is 4.74 Å². The standard InChI is InChI=1S/C8H10F2N2O/c1-5(2)7-11-4-3-6(12-7)13-8(9)10/h3-5,8H,1-2H3. The second kappa shape index (κ2) is 4.11. The number of hydrogen-bond acceptors (Lipinski definition) is 3. The van der Waals surface area contributed by atoms with Gasteiger partial charge in [-0.25, -0.2) is 4.98 Å². The molecule has 0 aliphatic heterocycles. The van der Waals surface area contributed by atoms with Gasteiger partial charge in [0, 0.05) is 18.2 Å². The molecule has 0 spiro atoms. The van der Waals surface area contributed by atoms with Crippen molar-refractivity contribution in [1.29, 1.82) is 0 Å². The van der Waals surface area contributed by atoms with E-state index in [1.807, 2.05) is 13.8 Å². The topological polar surface area (TPSA) is 35.0 Å². The van der Waals surface area contributed by atoms with Crippen molar-refractivity contribution in [2.45, 2.75) is 26.4 Å². The van der Waals surface area contributed by atoms with Crippen LogP contribution in [0, 0.1) is 0 Å². The van der Waals surface area contributed by atoms with Crippen molar-refractivity contribution < 1.29 is 13.5 Å². The van der Waals surface area contributed by atoms with E-state index in [0.29, 0.717) is 5.82 Å². The maximum Gasteiger partial charge on any atom is 0.388 e. The molecule has 0 aliphatic carbocycles. The summed E-state index contributed by atoms with van der Waals surface area (Å²) in [6, 6.07) is 1.30. The molecule has 0 bridgehead atoms. The monoisotopic (exact) mass is 188 g/mol. The van der Waals surface area contributed by atoms with Gasteiger partial charge in [0.25, 0.3) is 0 Å². The molecule has 0 aliphatic rings. The van der Waals surface area contributed by atoms with E-state index in [-0.39, 0.29) is 11.8 Å². The molecule has 0 N–H and O–H groups in total. The minimum atomic E-state index is -2.84. The molecule has 0 aromatic carbocycles. The summed E-state index contributed by atoms with van der Waals surface area (Å²) in [4.78, 5) is 7.71. The minimum absolute atomic E-state index is 0.0892. The highest BCUT2D eigenvalue weighted by Crippen LogP contribution is 2.14. The number of hydrogen-bond donors (Lipinski definition) is 0. The number of aromatic nitrogens is 2. The van der Waals surface area contributed by atoms with Gasteiger partial charge >= 0.3 is 6.61 Å². The molecule has 5 heteroatoms. The molecule has 72 valence electrons. The van der Waals surface area contributed by atoms with Gasteiger partial charge in [-0.15, -0.1) is 0 Å².